The number of carbonyl (C=O) groups excluding carboxylic acids is 1. The van der Waals surface area contributed by atoms with E-state index >= 15 is 0 Å². The number of carbonyl (C=O) groups is 1. The van der Waals surface area contributed by atoms with Crippen LogP contribution in [0.5, 0.6) is 0 Å². The Labute approximate surface area is 197 Å². The lowest BCUT2D eigenvalue weighted by molar-refractivity contribution is -0.129. The Kier molecular flexibility index (Phi) is 6.05. The first kappa shape index (κ1) is 21.9. The molecule has 1 fully saturated rings. The molecule has 0 spiro atoms. The molecule has 0 radical (unpaired) electrons. The van der Waals surface area contributed by atoms with E-state index in [0.717, 1.165) is 26.6 Å². The van der Waals surface area contributed by atoms with E-state index in [0.29, 0.717) is 36.8 Å². The molecule has 4 aromatic rings. The molecule has 1 aromatic heterocycles. The van der Waals surface area contributed by atoms with Gasteiger partial charge in [0.15, 0.2) is 0 Å². The maximum atomic E-state index is 13.2. The maximum absolute atomic E-state index is 13.2. The van der Waals surface area contributed by atoms with E-state index < -0.39 is 10.0 Å². The number of thioether (sulfide) groups is 1. The van der Waals surface area contributed by atoms with E-state index in [-0.39, 0.29) is 5.91 Å². The molecule has 0 unspecified atom stereocenters. The van der Waals surface area contributed by atoms with Gasteiger partial charge in [-0.1, -0.05) is 48.5 Å². The van der Waals surface area contributed by atoms with Crippen LogP contribution in [0.4, 0.5) is 0 Å². The number of para-hydroxylation sites is 1. The van der Waals surface area contributed by atoms with Crippen LogP contribution in [0.1, 0.15) is 0 Å². The topological polar surface area (TPSA) is 70.6 Å². The first-order chi connectivity index (χ1) is 16.0. The number of hydrogen-bond donors (Lipinski definition) is 0. The van der Waals surface area contributed by atoms with E-state index in [1.54, 1.807) is 23.2 Å². The van der Waals surface area contributed by atoms with Gasteiger partial charge in [-0.05, 0) is 35.0 Å². The Balaban J connectivity index is 1.22. The van der Waals surface area contributed by atoms with Gasteiger partial charge in [0.05, 0.1) is 16.2 Å². The number of piperazine rings is 1. The van der Waals surface area contributed by atoms with Crippen molar-refractivity contribution in [2.75, 3.05) is 31.9 Å². The number of amides is 1. The summed E-state index contributed by atoms with van der Waals surface area (Å²) in [7, 11) is -3.60. The lowest BCUT2D eigenvalue weighted by atomic mass is 10.1. The molecule has 0 atom stereocenters. The van der Waals surface area contributed by atoms with Gasteiger partial charge in [0.1, 0.15) is 0 Å². The van der Waals surface area contributed by atoms with Crippen LogP contribution in [-0.2, 0) is 14.8 Å². The number of aromatic nitrogens is 1. The lowest BCUT2D eigenvalue weighted by Gasteiger charge is -2.34. The summed E-state index contributed by atoms with van der Waals surface area (Å²) in [6.45, 7) is 1.38. The van der Waals surface area contributed by atoms with E-state index in [2.05, 4.69) is 4.98 Å². The van der Waals surface area contributed by atoms with Gasteiger partial charge in [0.2, 0.25) is 15.9 Å². The molecular formula is C25H23N3O3S2. The van der Waals surface area contributed by atoms with Gasteiger partial charge in [-0.15, -0.1) is 11.8 Å². The highest BCUT2D eigenvalue weighted by atomic mass is 32.2. The second-order valence-electron chi connectivity index (χ2n) is 7.91. The van der Waals surface area contributed by atoms with E-state index in [1.807, 2.05) is 60.7 Å². The van der Waals surface area contributed by atoms with Gasteiger partial charge >= 0.3 is 0 Å². The van der Waals surface area contributed by atoms with Crippen molar-refractivity contribution in [2.45, 2.75) is 9.79 Å². The molecule has 1 aliphatic rings. The van der Waals surface area contributed by atoms with Crippen molar-refractivity contribution in [3.63, 3.8) is 0 Å². The highest BCUT2D eigenvalue weighted by Gasteiger charge is 2.30. The number of pyridine rings is 1. The Bertz CT molecular complexity index is 1430. The number of sulfonamides is 1. The molecule has 3 aromatic carbocycles. The third kappa shape index (κ3) is 4.46. The molecule has 1 saturated heterocycles. The predicted molar refractivity (Wildman–Crippen MR) is 132 cm³/mol. The molecule has 5 rings (SSSR count). The monoisotopic (exact) mass is 477 g/mol. The minimum atomic E-state index is -3.60. The summed E-state index contributed by atoms with van der Waals surface area (Å²) in [5.41, 5.74) is 0.905. The first-order valence-electron chi connectivity index (χ1n) is 10.8. The van der Waals surface area contributed by atoms with Crippen molar-refractivity contribution in [3.8, 4) is 0 Å². The summed E-state index contributed by atoms with van der Waals surface area (Å²) >= 11 is 1.49. The van der Waals surface area contributed by atoms with Crippen molar-refractivity contribution < 1.29 is 13.2 Å². The molecule has 168 valence electrons. The van der Waals surface area contributed by atoms with Crippen LogP contribution in [-0.4, -0.2) is 60.4 Å². The number of hydrogen-bond acceptors (Lipinski definition) is 5. The van der Waals surface area contributed by atoms with Crippen LogP contribution < -0.4 is 0 Å². The van der Waals surface area contributed by atoms with Gasteiger partial charge < -0.3 is 4.90 Å². The quantitative estimate of drug-likeness (QED) is 0.406. The zero-order valence-corrected chi connectivity index (χ0v) is 19.6. The van der Waals surface area contributed by atoms with Crippen LogP contribution in [0.15, 0.2) is 88.8 Å². The van der Waals surface area contributed by atoms with Crippen LogP contribution in [0, 0.1) is 0 Å². The van der Waals surface area contributed by atoms with Crippen molar-refractivity contribution in [1.82, 2.24) is 14.2 Å². The summed E-state index contributed by atoms with van der Waals surface area (Å²) in [5.74, 6) is 0.328. The summed E-state index contributed by atoms with van der Waals surface area (Å²) in [6, 6.07) is 22.7. The van der Waals surface area contributed by atoms with E-state index in [4.69, 9.17) is 0 Å². The molecule has 2 heterocycles. The molecule has 33 heavy (non-hydrogen) atoms. The fourth-order valence-electron chi connectivity index (χ4n) is 4.08. The number of benzene rings is 3. The molecule has 0 aliphatic carbocycles. The molecule has 0 bridgehead atoms. The zero-order chi connectivity index (χ0) is 22.8. The molecule has 1 aliphatic heterocycles. The largest absolute Gasteiger partial charge is 0.339 e. The Morgan fingerprint density at radius 1 is 0.879 bits per heavy atom. The minimum Gasteiger partial charge on any atom is -0.339 e. The van der Waals surface area contributed by atoms with Gasteiger partial charge in [0.25, 0.3) is 0 Å². The van der Waals surface area contributed by atoms with Crippen molar-refractivity contribution in [1.29, 1.82) is 0 Å². The molecule has 0 N–H and O–H groups in total. The summed E-state index contributed by atoms with van der Waals surface area (Å²) in [6.07, 6.45) is 1.76. The minimum absolute atomic E-state index is 0.0173. The van der Waals surface area contributed by atoms with Gasteiger partial charge in [-0.2, -0.15) is 4.31 Å². The van der Waals surface area contributed by atoms with Crippen LogP contribution >= 0.6 is 11.8 Å². The molecule has 1 amide bonds. The third-order valence-electron chi connectivity index (χ3n) is 5.91. The first-order valence-corrected chi connectivity index (χ1v) is 13.2. The fraction of sp³-hybridized carbons (Fsp3) is 0.200. The highest BCUT2D eigenvalue weighted by molar-refractivity contribution is 8.00. The van der Waals surface area contributed by atoms with Gasteiger partial charge in [-0.25, -0.2) is 8.42 Å². The Hall–Kier alpha value is -2.94. The Morgan fingerprint density at radius 2 is 1.61 bits per heavy atom. The molecule has 6 nitrogen and oxygen atoms in total. The van der Waals surface area contributed by atoms with Crippen molar-refractivity contribution in [2.24, 2.45) is 0 Å². The zero-order valence-electron chi connectivity index (χ0n) is 17.9. The standard InChI is InChI=1S/C25H23N3O3S2/c29-25(18-32-24-11-12-26-23-8-4-3-7-22(23)24)27-13-15-28(16-14-27)33(30,31)21-10-9-19-5-1-2-6-20(19)17-21/h1-12,17H,13-16,18H2. The second-order valence-corrected chi connectivity index (χ2v) is 10.9. The average Bonchev–Trinajstić information content (AvgIpc) is 2.87. The van der Waals surface area contributed by atoms with Crippen LogP contribution in [0.3, 0.4) is 0 Å². The number of fused-ring (bicyclic) bond motifs is 2. The highest BCUT2D eigenvalue weighted by Crippen LogP contribution is 2.27. The molecular weight excluding hydrogens is 454 g/mol. The smallest absolute Gasteiger partial charge is 0.243 e. The summed E-state index contributed by atoms with van der Waals surface area (Å²) in [4.78, 5) is 20.2. The number of rotatable bonds is 5. The molecule has 8 heteroatoms. The van der Waals surface area contributed by atoms with Crippen LogP contribution in [0.25, 0.3) is 21.7 Å². The lowest BCUT2D eigenvalue weighted by Crippen LogP contribution is -2.50. The third-order valence-corrected chi connectivity index (χ3v) is 8.86. The maximum Gasteiger partial charge on any atom is 0.243 e. The van der Waals surface area contributed by atoms with Crippen molar-refractivity contribution >= 4 is 49.4 Å². The summed E-state index contributed by atoms with van der Waals surface area (Å²) < 4.78 is 27.8. The SMILES string of the molecule is O=C(CSc1ccnc2ccccc12)N1CCN(S(=O)(=O)c2ccc3ccccc3c2)CC1. The van der Waals surface area contributed by atoms with Crippen molar-refractivity contribution in [3.05, 3.63) is 79.0 Å². The van der Waals surface area contributed by atoms with Gasteiger partial charge in [0, 0.05) is 42.7 Å². The number of nitrogens with zero attached hydrogens (tertiary/aromatic N) is 3. The fourth-order valence-corrected chi connectivity index (χ4v) is 6.49. The van der Waals surface area contributed by atoms with Crippen LogP contribution in [0.2, 0.25) is 0 Å². The second kappa shape index (κ2) is 9.13. The van der Waals surface area contributed by atoms with E-state index in [1.165, 1.54) is 16.1 Å². The summed E-state index contributed by atoms with van der Waals surface area (Å²) in [5, 5.41) is 2.93. The van der Waals surface area contributed by atoms with Gasteiger partial charge in [-0.3, -0.25) is 9.78 Å². The Morgan fingerprint density at radius 3 is 2.42 bits per heavy atom. The van der Waals surface area contributed by atoms with E-state index in [9.17, 15) is 13.2 Å². The molecule has 0 saturated carbocycles. The normalized spacial score (nSPS) is 15.2. The average molecular weight is 478 g/mol. The predicted octanol–water partition coefficient (Wildman–Crippen LogP) is 4.01.